The van der Waals surface area contributed by atoms with E-state index in [1.54, 1.807) is 0 Å². The summed E-state index contributed by atoms with van der Waals surface area (Å²) in [5.41, 5.74) is 5.95. The lowest BCUT2D eigenvalue weighted by Crippen LogP contribution is -2.18. The molecule has 0 saturated heterocycles. The van der Waals surface area contributed by atoms with E-state index in [1.165, 1.54) is 16.7 Å². The minimum absolute atomic E-state index is 0.745. The number of aryl methyl sites for hydroxylation is 2. The van der Waals surface area contributed by atoms with Crippen molar-refractivity contribution in [1.82, 2.24) is 5.32 Å². The molecular weight excluding hydrogens is 244 g/mol. The molecule has 0 aliphatic heterocycles. The van der Waals surface area contributed by atoms with E-state index >= 15 is 0 Å². The quantitative estimate of drug-likeness (QED) is 0.839. The van der Waals surface area contributed by atoms with Crippen molar-refractivity contribution in [3.8, 4) is 6.07 Å². The predicted octanol–water partition coefficient (Wildman–Crippen LogP) is 3.51. The van der Waals surface area contributed by atoms with Crippen LogP contribution >= 0.6 is 0 Å². The molecule has 102 valence electrons. The molecule has 0 radical (unpaired) electrons. The van der Waals surface area contributed by atoms with Gasteiger partial charge in [0.2, 0.25) is 0 Å². The second kappa shape index (κ2) is 6.88. The highest BCUT2D eigenvalue weighted by molar-refractivity contribution is 5.37. The Morgan fingerprint density at radius 3 is 2.40 bits per heavy atom. The van der Waals surface area contributed by atoms with Crippen LogP contribution in [0, 0.1) is 25.2 Å². The highest BCUT2D eigenvalue weighted by atomic mass is 14.8. The van der Waals surface area contributed by atoms with E-state index in [4.69, 9.17) is 5.26 Å². The van der Waals surface area contributed by atoms with Crippen LogP contribution < -0.4 is 5.32 Å². The van der Waals surface area contributed by atoms with E-state index in [0.29, 0.717) is 0 Å². The van der Waals surface area contributed by atoms with Crippen LogP contribution in [0.25, 0.3) is 0 Å². The third-order valence-corrected chi connectivity index (χ3v) is 3.65. The molecule has 0 atom stereocenters. The summed E-state index contributed by atoms with van der Waals surface area (Å²) in [6.45, 7) is 5.99. The summed E-state index contributed by atoms with van der Waals surface area (Å²) in [5.74, 6) is 0. The Morgan fingerprint density at radius 2 is 1.70 bits per heavy atom. The molecule has 2 aromatic carbocycles. The summed E-state index contributed by atoms with van der Waals surface area (Å²) in [6, 6.07) is 16.4. The summed E-state index contributed by atoms with van der Waals surface area (Å²) in [7, 11) is 0. The van der Waals surface area contributed by atoms with Crippen molar-refractivity contribution in [3.05, 3.63) is 70.3 Å². The number of rotatable bonds is 5. The summed E-state index contributed by atoms with van der Waals surface area (Å²) in [4.78, 5) is 0. The molecular formula is C18H20N2. The van der Waals surface area contributed by atoms with Gasteiger partial charge in [-0.15, -0.1) is 0 Å². The van der Waals surface area contributed by atoms with Gasteiger partial charge in [0.05, 0.1) is 11.6 Å². The van der Waals surface area contributed by atoms with Gasteiger partial charge in [0.15, 0.2) is 0 Å². The molecule has 0 heterocycles. The molecule has 0 bridgehead atoms. The molecule has 0 fully saturated rings. The Labute approximate surface area is 121 Å². The van der Waals surface area contributed by atoms with E-state index in [-0.39, 0.29) is 0 Å². The monoisotopic (exact) mass is 264 g/mol. The van der Waals surface area contributed by atoms with Gasteiger partial charge in [-0.3, -0.25) is 0 Å². The van der Waals surface area contributed by atoms with Gasteiger partial charge in [-0.1, -0.05) is 36.4 Å². The van der Waals surface area contributed by atoms with E-state index in [0.717, 1.165) is 30.6 Å². The van der Waals surface area contributed by atoms with Crippen LogP contribution in [0.1, 0.15) is 27.8 Å². The molecule has 0 aliphatic rings. The second-order valence-corrected chi connectivity index (χ2v) is 5.07. The van der Waals surface area contributed by atoms with Crippen molar-refractivity contribution >= 4 is 0 Å². The average Bonchev–Trinajstić information content (AvgIpc) is 2.46. The molecule has 2 nitrogen and oxygen atoms in total. The number of hydrogen-bond donors (Lipinski definition) is 1. The third-order valence-electron chi connectivity index (χ3n) is 3.65. The maximum Gasteiger partial charge on any atom is 0.0995 e. The number of nitrogens with one attached hydrogen (secondary N) is 1. The first-order valence-electron chi connectivity index (χ1n) is 6.96. The summed E-state index contributed by atoms with van der Waals surface area (Å²) in [6.07, 6.45) is 1.02. The first-order chi connectivity index (χ1) is 9.72. The molecule has 0 unspecified atom stereocenters. The maximum absolute atomic E-state index is 9.05. The molecule has 20 heavy (non-hydrogen) atoms. The summed E-state index contributed by atoms with van der Waals surface area (Å²) >= 11 is 0. The average molecular weight is 264 g/mol. The van der Waals surface area contributed by atoms with E-state index < -0.39 is 0 Å². The zero-order chi connectivity index (χ0) is 14.4. The molecule has 0 aromatic heterocycles. The molecule has 2 rings (SSSR count). The molecule has 2 aromatic rings. The lowest BCUT2D eigenvalue weighted by Gasteiger charge is -2.11. The second-order valence-electron chi connectivity index (χ2n) is 5.07. The highest BCUT2D eigenvalue weighted by Crippen LogP contribution is 2.13. The van der Waals surface area contributed by atoms with Gasteiger partial charge in [0.1, 0.15) is 0 Å². The lowest BCUT2D eigenvalue weighted by atomic mass is 10.00. The maximum atomic E-state index is 9.05. The van der Waals surface area contributed by atoms with Gasteiger partial charge < -0.3 is 5.32 Å². The molecule has 0 spiro atoms. The smallest absolute Gasteiger partial charge is 0.0995 e. The van der Waals surface area contributed by atoms with Crippen LogP contribution in [-0.4, -0.2) is 6.54 Å². The van der Waals surface area contributed by atoms with Crippen molar-refractivity contribution in [2.75, 3.05) is 6.54 Å². The SMILES string of the molecule is Cc1cccc(C)c1CCNCc1ccccc1C#N. The Bertz CT molecular complexity index is 603. The highest BCUT2D eigenvalue weighted by Gasteiger charge is 2.03. The van der Waals surface area contributed by atoms with Crippen LogP contribution in [0.4, 0.5) is 0 Å². The fourth-order valence-electron chi connectivity index (χ4n) is 2.46. The zero-order valence-corrected chi connectivity index (χ0v) is 12.1. The lowest BCUT2D eigenvalue weighted by molar-refractivity contribution is 0.683. The normalized spacial score (nSPS) is 10.2. The molecule has 0 aliphatic carbocycles. The number of nitriles is 1. The minimum Gasteiger partial charge on any atom is -0.312 e. The van der Waals surface area contributed by atoms with Gasteiger partial charge in [-0.2, -0.15) is 5.26 Å². The Balaban J connectivity index is 1.90. The largest absolute Gasteiger partial charge is 0.312 e. The fourth-order valence-corrected chi connectivity index (χ4v) is 2.46. The summed E-state index contributed by atoms with van der Waals surface area (Å²) < 4.78 is 0. The van der Waals surface area contributed by atoms with Gasteiger partial charge in [0.25, 0.3) is 0 Å². The van der Waals surface area contributed by atoms with E-state index in [2.05, 4.69) is 43.4 Å². The third kappa shape index (κ3) is 3.46. The van der Waals surface area contributed by atoms with Crippen LogP contribution in [0.2, 0.25) is 0 Å². The van der Waals surface area contributed by atoms with Crippen LogP contribution in [0.5, 0.6) is 0 Å². The van der Waals surface area contributed by atoms with Crippen LogP contribution in [0.15, 0.2) is 42.5 Å². The number of benzene rings is 2. The topological polar surface area (TPSA) is 35.8 Å². The Hall–Kier alpha value is -2.11. The van der Waals surface area contributed by atoms with Crippen LogP contribution in [-0.2, 0) is 13.0 Å². The molecule has 2 heteroatoms. The van der Waals surface area contributed by atoms with Gasteiger partial charge >= 0.3 is 0 Å². The zero-order valence-electron chi connectivity index (χ0n) is 12.1. The van der Waals surface area contributed by atoms with Crippen molar-refractivity contribution in [3.63, 3.8) is 0 Å². The van der Waals surface area contributed by atoms with Gasteiger partial charge in [0, 0.05) is 6.54 Å². The van der Waals surface area contributed by atoms with E-state index in [1.807, 2.05) is 24.3 Å². The minimum atomic E-state index is 0.745. The van der Waals surface area contributed by atoms with Crippen molar-refractivity contribution in [1.29, 1.82) is 5.26 Å². The molecule has 1 N–H and O–H groups in total. The Kier molecular flexibility index (Phi) is 4.92. The number of hydrogen-bond acceptors (Lipinski definition) is 2. The Morgan fingerprint density at radius 1 is 1.00 bits per heavy atom. The van der Waals surface area contributed by atoms with Crippen molar-refractivity contribution in [2.45, 2.75) is 26.8 Å². The van der Waals surface area contributed by atoms with Crippen molar-refractivity contribution in [2.24, 2.45) is 0 Å². The molecule has 0 saturated carbocycles. The first kappa shape index (κ1) is 14.3. The summed E-state index contributed by atoms with van der Waals surface area (Å²) in [5, 5.41) is 12.5. The van der Waals surface area contributed by atoms with E-state index in [9.17, 15) is 0 Å². The van der Waals surface area contributed by atoms with Gasteiger partial charge in [-0.05, 0) is 55.1 Å². The first-order valence-corrected chi connectivity index (χ1v) is 6.96. The number of nitrogens with zero attached hydrogens (tertiary/aromatic N) is 1. The predicted molar refractivity (Wildman–Crippen MR) is 82.5 cm³/mol. The fraction of sp³-hybridized carbons (Fsp3) is 0.278. The van der Waals surface area contributed by atoms with Gasteiger partial charge in [-0.25, -0.2) is 0 Å². The molecule has 0 amide bonds. The van der Waals surface area contributed by atoms with Crippen molar-refractivity contribution < 1.29 is 0 Å². The van der Waals surface area contributed by atoms with Crippen LogP contribution in [0.3, 0.4) is 0 Å². The standard InChI is InChI=1S/C18H20N2/c1-14-6-5-7-15(2)18(14)10-11-20-13-17-9-4-3-8-16(17)12-19/h3-9,20H,10-11,13H2,1-2H3.